The van der Waals surface area contributed by atoms with Crippen molar-refractivity contribution in [2.45, 2.75) is 271 Å². The van der Waals surface area contributed by atoms with E-state index in [0.29, 0.717) is 19.4 Å². The second-order valence-corrected chi connectivity index (χ2v) is 18.1. The van der Waals surface area contributed by atoms with E-state index in [9.17, 15) is 9.59 Å². The molecule has 0 aromatic carbocycles. The van der Waals surface area contributed by atoms with E-state index >= 15 is 0 Å². The van der Waals surface area contributed by atoms with Crippen LogP contribution in [0.1, 0.15) is 265 Å². The van der Waals surface area contributed by atoms with E-state index in [0.717, 1.165) is 83.5 Å². The van der Waals surface area contributed by atoms with Crippen LogP contribution in [0, 0.1) is 0 Å². The molecule has 0 aliphatic carbocycles. The molecule has 0 radical (unpaired) electrons. The molecule has 0 amide bonds. The van der Waals surface area contributed by atoms with E-state index in [2.05, 4.69) is 93.7 Å². The Morgan fingerprint density at radius 1 is 0.359 bits per heavy atom. The first kappa shape index (κ1) is 61.3. The summed E-state index contributed by atoms with van der Waals surface area (Å²) < 4.78 is 17.4. The van der Waals surface area contributed by atoms with Crippen molar-refractivity contribution in [2.24, 2.45) is 0 Å². The minimum atomic E-state index is -0.555. The van der Waals surface area contributed by atoms with Gasteiger partial charge in [0, 0.05) is 19.4 Å². The zero-order valence-corrected chi connectivity index (χ0v) is 42.5. The molecular weight excluding hydrogens is 789 g/mol. The summed E-state index contributed by atoms with van der Waals surface area (Å²) in [6, 6.07) is 0. The molecule has 0 aromatic rings. The SMILES string of the molecule is CC/C=C\C/C=C\C/C=C\C/C=C\CCCCCOCC(COC(=O)CCCCCCCCCCC/C=C\C/C=C\CCCCC)OC(=O)CCCCCCCCCCCCCCC. The molecule has 0 rings (SSSR count). The number of rotatable bonds is 50. The normalized spacial score (nSPS) is 12.7. The van der Waals surface area contributed by atoms with E-state index in [1.165, 1.54) is 148 Å². The fourth-order valence-corrected chi connectivity index (χ4v) is 7.65. The van der Waals surface area contributed by atoms with Crippen molar-refractivity contribution in [3.63, 3.8) is 0 Å². The molecule has 0 aliphatic heterocycles. The van der Waals surface area contributed by atoms with Crippen LogP contribution in [0.2, 0.25) is 0 Å². The van der Waals surface area contributed by atoms with Crippen LogP contribution in [0.3, 0.4) is 0 Å². The van der Waals surface area contributed by atoms with Crippen molar-refractivity contribution in [1.29, 1.82) is 0 Å². The summed E-state index contributed by atoms with van der Waals surface area (Å²) in [7, 11) is 0. The molecule has 1 unspecified atom stereocenters. The quantitative estimate of drug-likeness (QED) is 0.0346. The molecule has 0 aliphatic rings. The van der Waals surface area contributed by atoms with E-state index in [4.69, 9.17) is 14.2 Å². The van der Waals surface area contributed by atoms with Crippen LogP contribution < -0.4 is 0 Å². The van der Waals surface area contributed by atoms with Crippen molar-refractivity contribution in [1.82, 2.24) is 0 Å². The van der Waals surface area contributed by atoms with Crippen molar-refractivity contribution in [3.05, 3.63) is 72.9 Å². The second kappa shape index (κ2) is 54.7. The Morgan fingerprint density at radius 2 is 0.703 bits per heavy atom. The number of carbonyl (C=O) groups is 2. The highest BCUT2D eigenvalue weighted by Crippen LogP contribution is 2.15. The van der Waals surface area contributed by atoms with Crippen molar-refractivity contribution in [2.75, 3.05) is 19.8 Å². The average Bonchev–Trinajstić information content (AvgIpc) is 3.30. The summed E-state index contributed by atoms with van der Waals surface area (Å²) >= 11 is 0. The van der Waals surface area contributed by atoms with Gasteiger partial charge in [-0.3, -0.25) is 9.59 Å². The summed E-state index contributed by atoms with van der Waals surface area (Å²) in [6.45, 7) is 7.64. The first-order valence-electron chi connectivity index (χ1n) is 27.5. The molecule has 64 heavy (non-hydrogen) atoms. The smallest absolute Gasteiger partial charge is 0.306 e. The van der Waals surface area contributed by atoms with E-state index in [-0.39, 0.29) is 25.2 Å². The minimum Gasteiger partial charge on any atom is -0.462 e. The summed E-state index contributed by atoms with van der Waals surface area (Å²) in [6.07, 6.45) is 70.6. The largest absolute Gasteiger partial charge is 0.462 e. The topological polar surface area (TPSA) is 61.8 Å². The number of unbranched alkanes of at least 4 members (excludes halogenated alkanes) is 27. The van der Waals surface area contributed by atoms with Crippen molar-refractivity contribution >= 4 is 11.9 Å². The van der Waals surface area contributed by atoms with Crippen LogP contribution in [0.15, 0.2) is 72.9 Å². The monoisotopic (exact) mass is 893 g/mol. The van der Waals surface area contributed by atoms with Gasteiger partial charge in [-0.15, -0.1) is 0 Å². The Labute approximate surface area is 397 Å². The highest BCUT2D eigenvalue weighted by Gasteiger charge is 2.17. The third-order valence-corrected chi connectivity index (χ3v) is 11.7. The summed E-state index contributed by atoms with van der Waals surface area (Å²) in [5, 5.41) is 0. The summed E-state index contributed by atoms with van der Waals surface area (Å²) in [5.41, 5.74) is 0. The molecular formula is C59H104O5. The molecule has 0 N–H and O–H groups in total. The van der Waals surface area contributed by atoms with E-state index in [1.807, 2.05) is 0 Å². The Morgan fingerprint density at radius 3 is 1.16 bits per heavy atom. The van der Waals surface area contributed by atoms with Crippen LogP contribution in [0.25, 0.3) is 0 Å². The summed E-state index contributed by atoms with van der Waals surface area (Å²) in [4.78, 5) is 25.5. The van der Waals surface area contributed by atoms with Gasteiger partial charge in [0.15, 0.2) is 6.10 Å². The average molecular weight is 893 g/mol. The van der Waals surface area contributed by atoms with Crippen LogP contribution in [0.4, 0.5) is 0 Å². The first-order valence-corrected chi connectivity index (χ1v) is 27.5. The van der Waals surface area contributed by atoms with Gasteiger partial charge in [-0.2, -0.15) is 0 Å². The van der Waals surface area contributed by atoms with Gasteiger partial charge in [0.1, 0.15) is 6.61 Å². The number of allylic oxidation sites excluding steroid dienone is 12. The Kier molecular flexibility index (Phi) is 52.4. The zero-order valence-electron chi connectivity index (χ0n) is 42.5. The minimum absolute atomic E-state index is 0.0704. The molecule has 0 saturated carbocycles. The van der Waals surface area contributed by atoms with Gasteiger partial charge < -0.3 is 14.2 Å². The predicted octanol–water partition coefficient (Wildman–Crippen LogP) is 18.7. The lowest BCUT2D eigenvalue weighted by Crippen LogP contribution is -2.30. The highest BCUT2D eigenvalue weighted by atomic mass is 16.6. The third kappa shape index (κ3) is 52.0. The molecule has 0 heterocycles. The first-order chi connectivity index (χ1) is 31.6. The molecule has 0 fully saturated rings. The molecule has 0 saturated heterocycles. The second-order valence-electron chi connectivity index (χ2n) is 18.1. The predicted molar refractivity (Wildman–Crippen MR) is 279 cm³/mol. The lowest BCUT2D eigenvalue weighted by Gasteiger charge is -2.18. The summed E-state index contributed by atoms with van der Waals surface area (Å²) in [5.74, 6) is -0.413. The Balaban J connectivity index is 4.29. The molecule has 0 bridgehead atoms. The number of hydrogen-bond acceptors (Lipinski definition) is 5. The van der Waals surface area contributed by atoms with Crippen LogP contribution >= 0.6 is 0 Å². The van der Waals surface area contributed by atoms with Gasteiger partial charge in [-0.25, -0.2) is 0 Å². The highest BCUT2D eigenvalue weighted by molar-refractivity contribution is 5.70. The standard InChI is InChI=1S/C59H104O5/c1-4-7-10-13-16-19-22-25-27-29-30-31-32-35-37-40-43-46-49-52-58(60)63-56-57(64-59(61)53-50-47-44-41-38-34-24-21-18-15-12-9-6-3)55-62-54-51-48-45-42-39-36-33-28-26-23-20-17-14-11-8-5-2/h8,11,16-17,19-20,25-28,36,39,57H,4-7,9-10,12-15,18,21-24,29-35,37-38,40-56H2,1-3H3/b11-8-,19-16-,20-17-,27-25-,28-26-,39-36-. The Hall–Kier alpha value is -2.66. The van der Waals surface area contributed by atoms with Gasteiger partial charge in [-0.1, -0.05) is 235 Å². The fraction of sp³-hybridized carbons (Fsp3) is 0.763. The lowest BCUT2D eigenvalue weighted by atomic mass is 10.0. The number of carbonyl (C=O) groups excluding carboxylic acids is 2. The van der Waals surface area contributed by atoms with Crippen LogP contribution in [-0.2, 0) is 23.8 Å². The molecule has 0 aromatic heterocycles. The number of ether oxygens (including phenoxy) is 3. The van der Waals surface area contributed by atoms with E-state index < -0.39 is 6.10 Å². The molecule has 370 valence electrons. The molecule has 1 atom stereocenters. The molecule has 5 heteroatoms. The lowest BCUT2D eigenvalue weighted by molar-refractivity contribution is -0.163. The van der Waals surface area contributed by atoms with Crippen molar-refractivity contribution in [3.8, 4) is 0 Å². The molecule has 5 nitrogen and oxygen atoms in total. The number of esters is 2. The van der Waals surface area contributed by atoms with Crippen LogP contribution in [-0.4, -0.2) is 37.9 Å². The van der Waals surface area contributed by atoms with Gasteiger partial charge in [-0.05, 0) is 89.9 Å². The van der Waals surface area contributed by atoms with Crippen molar-refractivity contribution < 1.29 is 23.8 Å². The maximum Gasteiger partial charge on any atom is 0.306 e. The number of hydrogen-bond donors (Lipinski definition) is 0. The van der Waals surface area contributed by atoms with Gasteiger partial charge in [0.25, 0.3) is 0 Å². The maximum absolute atomic E-state index is 12.8. The van der Waals surface area contributed by atoms with E-state index in [1.54, 1.807) is 0 Å². The maximum atomic E-state index is 12.8. The van der Waals surface area contributed by atoms with Gasteiger partial charge in [0.2, 0.25) is 0 Å². The van der Waals surface area contributed by atoms with Gasteiger partial charge >= 0.3 is 11.9 Å². The van der Waals surface area contributed by atoms with Crippen LogP contribution in [0.5, 0.6) is 0 Å². The van der Waals surface area contributed by atoms with Gasteiger partial charge in [0.05, 0.1) is 6.61 Å². The third-order valence-electron chi connectivity index (χ3n) is 11.7. The Bertz CT molecular complexity index is 1150. The zero-order chi connectivity index (χ0) is 46.3. The fourth-order valence-electron chi connectivity index (χ4n) is 7.65. The molecule has 0 spiro atoms.